The van der Waals surface area contributed by atoms with Crippen LogP contribution in [0, 0.1) is 13.8 Å². The minimum atomic E-state index is -0.132. The van der Waals surface area contributed by atoms with Gasteiger partial charge in [0.25, 0.3) is 11.6 Å². The second-order valence-corrected chi connectivity index (χ2v) is 4.12. The number of nitrogens with zero attached hydrogens (tertiary/aromatic N) is 2. The first-order valence-electron chi connectivity index (χ1n) is 5.80. The number of carbonyl (C=O) groups excluding carboxylic acids is 1. The predicted molar refractivity (Wildman–Crippen MR) is 67.5 cm³/mol. The molecule has 0 bridgehead atoms. The van der Waals surface area contributed by atoms with Crippen molar-refractivity contribution in [3.8, 4) is 0 Å². The number of aryl methyl sites for hydroxylation is 2. The van der Waals surface area contributed by atoms with Crippen LogP contribution in [0.15, 0.2) is 10.6 Å². The van der Waals surface area contributed by atoms with Gasteiger partial charge in [-0.05, 0) is 27.0 Å². The van der Waals surface area contributed by atoms with E-state index < -0.39 is 0 Å². The highest BCUT2D eigenvalue weighted by Crippen LogP contribution is 2.21. The molecule has 0 saturated heterocycles. The average molecular weight is 248 g/mol. The van der Waals surface area contributed by atoms with Gasteiger partial charge in [-0.1, -0.05) is 5.16 Å². The van der Waals surface area contributed by atoms with Crippen molar-refractivity contribution in [2.24, 2.45) is 0 Å². The highest BCUT2D eigenvalue weighted by molar-refractivity contribution is 6.06. The topological polar surface area (TPSA) is 80.0 Å². The van der Waals surface area contributed by atoms with Gasteiger partial charge in [-0.25, -0.2) is 4.98 Å². The lowest BCUT2D eigenvalue weighted by atomic mass is 10.1. The first kappa shape index (κ1) is 12.5. The van der Waals surface area contributed by atoms with Gasteiger partial charge in [0.1, 0.15) is 0 Å². The van der Waals surface area contributed by atoms with Crippen LogP contribution in [0.5, 0.6) is 0 Å². The first-order valence-corrected chi connectivity index (χ1v) is 5.80. The van der Waals surface area contributed by atoms with Crippen molar-refractivity contribution in [3.05, 3.63) is 23.0 Å². The van der Waals surface area contributed by atoms with Crippen molar-refractivity contribution < 1.29 is 9.32 Å². The number of hydrogen-bond donors (Lipinski definition) is 2. The summed E-state index contributed by atoms with van der Waals surface area (Å²) >= 11 is 0. The molecule has 1 amide bonds. The molecule has 0 spiro atoms. The molecule has 0 radical (unpaired) electrons. The van der Waals surface area contributed by atoms with Crippen LogP contribution in [0.3, 0.4) is 0 Å². The van der Waals surface area contributed by atoms with E-state index in [1.165, 1.54) is 0 Å². The minimum absolute atomic E-state index is 0.132. The standard InChI is InChI=1S/C12H16N4O2/c1-7-6-9(11(17)14-5-4-13-3)10-8(2)16-18-12(10)15-7/h6,13H,4-5H2,1-3H3,(H,14,17). The van der Waals surface area contributed by atoms with Gasteiger partial charge in [-0.2, -0.15) is 0 Å². The number of rotatable bonds is 4. The van der Waals surface area contributed by atoms with Gasteiger partial charge in [0, 0.05) is 18.8 Å². The predicted octanol–water partition coefficient (Wildman–Crippen LogP) is 0.789. The van der Waals surface area contributed by atoms with Crippen molar-refractivity contribution in [1.82, 2.24) is 20.8 Å². The third-order valence-corrected chi connectivity index (χ3v) is 2.65. The van der Waals surface area contributed by atoms with E-state index in [1.54, 1.807) is 13.0 Å². The molecule has 2 N–H and O–H groups in total. The molecule has 0 fully saturated rings. The van der Waals surface area contributed by atoms with E-state index in [4.69, 9.17) is 4.52 Å². The Kier molecular flexibility index (Phi) is 3.57. The van der Waals surface area contributed by atoms with Crippen molar-refractivity contribution in [2.75, 3.05) is 20.1 Å². The van der Waals surface area contributed by atoms with Crippen molar-refractivity contribution in [1.29, 1.82) is 0 Å². The molecular weight excluding hydrogens is 232 g/mol. The largest absolute Gasteiger partial charge is 0.351 e. The van der Waals surface area contributed by atoms with E-state index in [0.29, 0.717) is 28.9 Å². The van der Waals surface area contributed by atoms with Crippen LogP contribution < -0.4 is 10.6 Å². The van der Waals surface area contributed by atoms with Crippen molar-refractivity contribution in [2.45, 2.75) is 13.8 Å². The summed E-state index contributed by atoms with van der Waals surface area (Å²) in [5, 5.41) is 10.3. The lowest BCUT2D eigenvalue weighted by Gasteiger charge is -2.06. The van der Waals surface area contributed by atoms with Gasteiger partial charge in [0.2, 0.25) is 0 Å². The highest BCUT2D eigenvalue weighted by atomic mass is 16.5. The molecule has 6 heteroatoms. The molecule has 2 aromatic rings. The molecule has 0 atom stereocenters. The van der Waals surface area contributed by atoms with E-state index in [-0.39, 0.29) is 5.91 Å². The summed E-state index contributed by atoms with van der Waals surface area (Å²) < 4.78 is 5.09. The van der Waals surface area contributed by atoms with Crippen LogP contribution in [0.25, 0.3) is 11.1 Å². The Hall–Kier alpha value is -1.95. The van der Waals surface area contributed by atoms with E-state index in [1.807, 2.05) is 14.0 Å². The monoisotopic (exact) mass is 248 g/mol. The lowest BCUT2D eigenvalue weighted by Crippen LogP contribution is -2.30. The molecule has 0 aliphatic rings. The Balaban J connectivity index is 2.36. The molecule has 2 heterocycles. The fourth-order valence-corrected chi connectivity index (χ4v) is 1.79. The molecule has 2 rings (SSSR count). The van der Waals surface area contributed by atoms with E-state index in [2.05, 4.69) is 20.8 Å². The maximum atomic E-state index is 12.1. The third kappa shape index (κ3) is 2.33. The van der Waals surface area contributed by atoms with E-state index in [0.717, 1.165) is 12.2 Å². The van der Waals surface area contributed by atoms with E-state index in [9.17, 15) is 4.79 Å². The van der Waals surface area contributed by atoms with Crippen LogP contribution in [0.1, 0.15) is 21.7 Å². The molecule has 0 aromatic carbocycles. The van der Waals surface area contributed by atoms with Gasteiger partial charge in [-0.3, -0.25) is 4.79 Å². The van der Waals surface area contributed by atoms with Crippen LogP contribution in [-0.4, -0.2) is 36.2 Å². The third-order valence-electron chi connectivity index (χ3n) is 2.65. The van der Waals surface area contributed by atoms with Crippen molar-refractivity contribution in [3.63, 3.8) is 0 Å². The van der Waals surface area contributed by atoms with Gasteiger partial charge in [0.05, 0.1) is 16.6 Å². The number of carbonyl (C=O) groups is 1. The molecule has 0 aliphatic heterocycles. The minimum Gasteiger partial charge on any atom is -0.351 e. The van der Waals surface area contributed by atoms with E-state index >= 15 is 0 Å². The smallest absolute Gasteiger partial charge is 0.258 e. The normalized spacial score (nSPS) is 10.8. The summed E-state index contributed by atoms with van der Waals surface area (Å²) in [5.74, 6) is -0.132. The molecule has 96 valence electrons. The maximum Gasteiger partial charge on any atom is 0.258 e. The fraction of sp³-hybridized carbons (Fsp3) is 0.417. The Bertz CT molecular complexity index is 577. The SMILES string of the molecule is CNCCNC(=O)c1cc(C)nc2onc(C)c12. The molecule has 0 unspecified atom stereocenters. The summed E-state index contributed by atoms with van der Waals surface area (Å²) in [4.78, 5) is 16.3. The molecule has 6 nitrogen and oxygen atoms in total. The number of likely N-dealkylation sites (N-methyl/N-ethyl adjacent to an activating group) is 1. The summed E-state index contributed by atoms with van der Waals surface area (Å²) in [7, 11) is 1.84. The summed E-state index contributed by atoms with van der Waals surface area (Å²) in [6.45, 7) is 4.92. The fourth-order valence-electron chi connectivity index (χ4n) is 1.79. The van der Waals surface area contributed by atoms with Crippen LogP contribution in [0.2, 0.25) is 0 Å². The summed E-state index contributed by atoms with van der Waals surface area (Å²) in [6.07, 6.45) is 0. The Morgan fingerprint density at radius 3 is 2.89 bits per heavy atom. The lowest BCUT2D eigenvalue weighted by molar-refractivity contribution is 0.0955. The summed E-state index contributed by atoms with van der Waals surface area (Å²) in [5.41, 5.74) is 2.38. The van der Waals surface area contributed by atoms with Crippen molar-refractivity contribution >= 4 is 17.0 Å². The Labute approximate surface area is 105 Å². The molecule has 0 aliphatic carbocycles. The zero-order valence-corrected chi connectivity index (χ0v) is 10.7. The number of pyridine rings is 1. The molecule has 18 heavy (non-hydrogen) atoms. The molecular formula is C12H16N4O2. The van der Waals surface area contributed by atoms with Crippen LogP contribution >= 0.6 is 0 Å². The zero-order chi connectivity index (χ0) is 13.1. The molecule has 2 aromatic heterocycles. The quantitative estimate of drug-likeness (QED) is 0.782. The number of amides is 1. The maximum absolute atomic E-state index is 12.1. The van der Waals surface area contributed by atoms with Gasteiger partial charge >= 0.3 is 0 Å². The zero-order valence-electron chi connectivity index (χ0n) is 10.7. The number of fused-ring (bicyclic) bond motifs is 1. The Morgan fingerprint density at radius 2 is 2.17 bits per heavy atom. The highest BCUT2D eigenvalue weighted by Gasteiger charge is 2.17. The van der Waals surface area contributed by atoms with Crippen LogP contribution in [-0.2, 0) is 0 Å². The van der Waals surface area contributed by atoms with Crippen LogP contribution in [0.4, 0.5) is 0 Å². The van der Waals surface area contributed by atoms with Gasteiger partial charge < -0.3 is 15.2 Å². The average Bonchev–Trinajstić information content (AvgIpc) is 2.70. The summed E-state index contributed by atoms with van der Waals surface area (Å²) in [6, 6.07) is 1.75. The van der Waals surface area contributed by atoms with Gasteiger partial charge in [0.15, 0.2) is 0 Å². The number of nitrogens with one attached hydrogen (secondary N) is 2. The number of aromatic nitrogens is 2. The second kappa shape index (κ2) is 5.14. The second-order valence-electron chi connectivity index (χ2n) is 4.12. The van der Waals surface area contributed by atoms with Gasteiger partial charge in [-0.15, -0.1) is 0 Å². The molecule has 0 saturated carbocycles. The number of hydrogen-bond acceptors (Lipinski definition) is 5. The first-order chi connectivity index (χ1) is 8.63. The Morgan fingerprint density at radius 1 is 1.39 bits per heavy atom.